The quantitative estimate of drug-likeness (QED) is 0.485. The average Bonchev–Trinajstić information content (AvgIpc) is 2.63. The Morgan fingerprint density at radius 3 is 1.96 bits per heavy atom. The molecular formula is C20H14F2OSe. The maximum absolute atomic E-state index is 14.9. The van der Waals surface area contributed by atoms with Crippen LogP contribution in [0.5, 0.6) is 0 Å². The second kappa shape index (κ2) is 7.08. The van der Waals surface area contributed by atoms with E-state index in [0.29, 0.717) is 4.46 Å². The molecular weight excluding hydrogens is 373 g/mol. The maximum atomic E-state index is 14.9. The molecule has 0 unspecified atom stereocenters. The molecule has 0 radical (unpaired) electrons. The summed E-state index contributed by atoms with van der Waals surface area (Å²) in [6, 6.07) is 23.5. The van der Waals surface area contributed by atoms with Crippen LogP contribution in [0.25, 0.3) is 0 Å². The molecule has 120 valence electrons. The minimum absolute atomic E-state index is 0.0181. The van der Waals surface area contributed by atoms with Crippen LogP contribution in [0.2, 0.25) is 0 Å². The number of hydrogen-bond donors (Lipinski definition) is 0. The second-order valence-electron chi connectivity index (χ2n) is 5.18. The van der Waals surface area contributed by atoms with Crippen molar-refractivity contribution < 1.29 is 13.6 Å². The van der Waals surface area contributed by atoms with Gasteiger partial charge in [-0.3, -0.25) is 0 Å². The summed E-state index contributed by atoms with van der Waals surface area (Å²) in [5.74, 6) is -4.71. The van der Waals surface area contributed by atoms with Crippen molar-refractivity contribution in [1.29, 1.82) is 0 Å². The first kappa shape index (κ1) is 16.6. The fourth-order valence-electron chi connectivity index (χ4n) is 2.32. The second-order valence-corrected chi connectivity index (χ2v) is 7.52. The van der Waals surface area contributed by atoms with Gasteiger partial charge in [0.25, 0.3) is 0 Å². The molecule has 0 aliphatic carbocycles. The Labute approximate surface area is 145 Å². The zero-order valence-electron chi connectivity index (χ0n) is 12.7. The monoisotopic (exact) mass is 388 g/mol. The van der Waals surface area contributed by atoms with E-state index in [1.54, 1.807) is 36.4 Å². The van der Waals surface area contributed by atoms with Gasteiger partial charge in [-0.15, -0.1) is 0 Å². The number of carbonyl (C=O) groups is 1. The van der Waals surface area contributed by atoms with Crippen molar-refractivity contribution in [3.63, 3.8) is 0 Å². The van der Waals surface area contributed by atoms with Gasteiger partial charge in [-0.2, -0.15) is 0 Å². The third-order valence-corrected chi connectivity index (χ3v) is 5.79. The third-order valence-electron chi connectivity index (χ3n) is 3.52. The molecule has 3 rings (SSSR count). The average molecular weight is 387 g/mol. The van der Waals surface area contributed by atoms with E-state index in [1.807, 2.05) is 30.3 Å². The molecule has 0 aromatic heterocycles. The molecule has 0 spiro atoms. The topological polar surface area (TPSA) is 17.1 Å². The summed E-state index contributed by atoms with van der Waals surface area (Å²) in [5, 5.41) is 0. The molecule has 3 aromatic rings. The number of alkyl halides is 2. The SMILES string of the molecule is O=C(c1ccccc1)C(F)(F)c1ccccc1[Se]c1ccccc1. The summed E-state index contributed by atoms with van der Waals surface area (Å²) in [5.41, 5.74) is -0.188. The van der Waals surface area contributed by atoms with E-state index < -0.39 is 11.7 Å². The number of halogens is 2. The van der Waals surface area contributed by atoms with Crippen LogP contribution in [0, 0.1) is 0 Å². The molecule has 24 heavy (non-hydrogen) atoms. The number of benzene rings is 3. The van der Waals surface area contributed by atoms with Crippen molar-refractivity contribution in [2.75, 3.05) is 0 Å². The summed E-state index contributed by atoms with van der Waals surface area (Å²) in [6.45, 7) is 0. The fraction of sp³-hybridized carbons (Fsp3) is 0.0500. The van der Waals surface area contributed by atoms with E-state index in [1.165, 1.54) is 18.2 Å². The van der Waals surface area contributed by atoms with E-state index in [-0.39, 0.29) is 26.1 Å². The Hall–Kier alpha value is -2.29. The minimum atomic E-state index is -3.55. The molecule has 0 saturated carbocycles. The van der Waals surface area contributed by atoms with Crippen molar-refractivity contribution in [2.24, 2.45) is 0 Å². The predicted molar refractivity (Wildman–Crippen MR) is 92.6 cm³/mol. The van der Waals surface area contributed by atoms with Crippen molar-refractivity contribution in [2.45, 2.75) is 5.92 Å². The van der Waals surface area contributed by atoms with Gasteiger partial charge in [0.2, 0.25) is 0 Å². The summed E-state index contributed by atoms with van der Waals surface area (Å²) in [4.78, 5) is 12.3. The van der Waals surface area contributed by atoms with E-state index in [2.05, 4.69) is 0 Å². The Kier molecular flexibility index (Phi) is 4.89. The Morgan fingerprint density at radius 1 is 0.750 bits per heavy atom. The first-order chi connectivity index (χ1) is 11.6. The van der Waals surface area contributed by atoms with Gasteiger partial charge in [-0.05, 0) is 0 Å². The van der Waals surface area contributed by atoms with E-state index >= 15 is 0 Å². The van der Waals surface area contributed by atoms with Crippen molar-refractivity contribution in [3.8, 4) is 0 Å². The third kappa shape index (κ3) is 3.45. The van der Waals surface area contributed by atoms with Gasteiger partial charge in [0.05, 0.1) is 0 Å². The molecule has 0 aliphatic rings. The first-order valence-corrected chi connectivity index (χ1v) is 9.10. The molecule has 3 aromatic carbocycles. The van der Waals surface area contributed by atoms with Crippen LogP contribution in [0.1, 0.15) is 15.9 Å². The van der Waals surface area contributed by atoms with Crippen LogP contribution >= 0.6 is 0 Å². The van der Waals surface area contributed by atoms with Crippen LogP contribution < -0.4 is 8.92 Å². The Morgan fingerprint density at radius 2 is 1.29 bits per heavy atom. The number of hydrogen-bond acceptors (Lipinski definition) is 1. The Bertz CT molecular complexity index is 833. The van der Waals surface area contributed by atoms with Gasteiger partial charge in [-0.25, -0.2) is 0 Å². The molecule has 0 atom stereocenters. The summed E-state index contributed by atoms with van der Waals surface area (Å²) in [7, 11) is 0. The molecule has 0 fully saturated rings. The molecule has 0 amide bonds. The van der Waals surface area contributed by atoms with Crippen LogP contribution in [0.3, 0.4) is 0 Å². The van der Waals surface area contributed by atoms with Crippen LogP contribution in [0.4, 0.5) is 8.78 Å². The summed E-state index contributed by atoms with van der Waals surface area (Å²) < 4.78 is 31.2. The molecule has 0 saturated heterocycles. The van der Waals surface area contributed by atoms with Gasteiger partial charge in [0, 0.05) is 0 Å². The number of Topliss-reactive ketones (excluding diaryl/α,β-unsaturated/α-hetero) is 1. The Balaban J connectivity index is 1.98. The van der Waals surface area contributed by atoms with Gasteiger partial charge in [-0.1, -0.05) is 0 Å². The number of carbonyl (C=O) groups excluding carboxylic acids is 1. The van der Waals surface area contributed by atoms with E-state index in [9.17, 15) is 13.6 Å². The fourth-order valence-corrected chi connectivity index (χ4v) is 4.42. The van der Waals surface area contributed by atoms with Crippen molar-refractivity contribution >= 4 is 29.7 Å². The molecule has 0 bridgehead atoms. The predicted octanol–water partition coefficient (Wildman–Crippen LogP) is 3.32. The van der Waals surface area contributed by atoms with Gasteiger partial charge in [0.1, 0.15) is 0 Å². The van der Waals surface area contributed by atoms with Gasteiger partial charge < -0.3 is 0 Å². The molecule has 0 aliphatic heterocycles. The number of ketones is 1. The van der Waals surface area contributed by atoms with Crippen LogP contribution in [0.15, 0.2) is 84.9 Å². The summed E-state index contributed by atoms with van der Waals surface area (Å²) >= 11 is -0.293. The molecule has 1 nitrogen and oxygen atoms in total. The molecule has 4 heteroatoms. The zero-order valence-corrected chi connectivity index (χ0v) is 14.4. The van der Waals surface area contributed by atoms with Crippen molar-refractivity contribution in [3.05, 3.63) is 96.1 Å². The zero-order chi connectivity index (χ0) is 17.0. The van der Waals surface area contributed by atoms with Gasteiger partial charge >= 0.3 is 145 Å². The van der Waals surface area contributed by atoms with Crippen LogP contribution in [-0.2, 0) is 5.92 Å². The van der Waals surface area contributed by atoms with Crippen molar-refractivity contribution in [1.82, 2.24) is 0 Å². The normalized spacial score (nSPS) is 11.2. The van der Waals surface area contributed by atoms with E-state index in [4.69, 9.17) is 0 Å². The standard InChI is InChI=1S/C20H14F2OSe/c21-20(22,19(23)15-9-3-1-4-10-15)17-13-7-8-14-18(17)24-16-11-5-2-6-12-16/h1-14H. The summed E-state index contributed by atoms with van der Waals surface area (Å²) in [6.07, 6.45) is 0. The molecule has 0 N–H and O–H groups in total. The van der Waals surface area contributed by atoms with E-state index in [0.717, 1.165) is 4.46 Å². The molecule has 0 heterocycles. The number of rotatable bonds is 5. The van der Waals surface area contributed by atoms with Crippen LogP contribution in [-0.4, -0.2) is 20.7 Å². The first-order valence-electron chi connectivity index (χ1n) is 7.39. The van der Waals surface area contributed by atoms with Gasteiger partial charge in [0.15, 0.2) is 0 Å².